The van der Waals surface area contributed by atoms with E-state index in [1.54, 1.807) is 7.05 Å². The average molecular weight is 243 g/mol. The quantitative estimate of drug-likeness (QED) is 0.854. The summed E-state index contributed by atoms with van der Waals surface area (Å²) in [6.07, 6.45) is 0.685. The molecule has 0 radical (unpaired) electrons. The van der Waals surface area contributed by atoms with Crippen molar-refractivity contribution in [2.24, 2.45) is 0 Å². The number of nitrogens with zero attached hydrogens (tertiary/aromatic N) is 3. The summed E-state index contributed by atoms with van der Waals surface area (Å²) < 4.78 is 3.79. The number of rotatable bonds is 4. The Morgan fingerprint density at radius 2 is 2.19 bits per heavy atom. The number of hydrogen-bond donors (Lipinski definition) is 1. The van der Waals surface area contributed by atoms with Crippen LogP contribution in [-0.4, -0.2) is 44.7 Å². The molecule has 0 saturated carbocycles. The summed E-state index contributed by atoms with van der Waals surface area (Å²) >= 11 is 1.10. The molecule has 16 heavy (non-hydrogen) atoms. The third kappa shape index (κ3) is 2.38. The lowest BCUT2D eigenvalue weighted by Crippen LogP contribution is -2.47. The number of amides is 1. The molecule has 90 valence electrons. The highest BCUT2D eigenvalue weighted by atomic mass is 32.1. The van der Waals surface area contributed by atoms with Crippen LogP contribution >= 0.6 is 11.5 Å². The van der Waals surface area contributed by atoms with E-state index in [0.29, 0.717) is 11.3 Å². The van der Waals surface area contributed by atoms with Crippen LogP contribution in [0.3, 0.4) is 0 Å². The van der Waals surface area contributed by atoms with Crippen LogP contribution in [0.4, 0.5) is 0 Å². The minimum Gasteiger partial charge on any atom is -0.394 e. The number of hydrogen-bond acceptors (Lipinski definition) is 5. The van der Waals surface area contributed by atoms with Gasteiger partial charge in [-0.3, -0.25) is 4.79 Å². The average Bonchev–Trinajstić information content (AvgIpc) is 2.74. The molecular formula is C10H17N3O2S. The maximum absolute atomic E-state index is 12.1. The Labute approximate surface area is 99.3 Å². The number of carbonyl (C=O) groups excluding carboxylic acids is 1. The summed E-state index contributed by atoms with van der Waals surface area (Å²) in [5, 5.41) is 13.1. The van der Waals surface area contributed by atoms with Crippen LogP contribution in [0.1, 0.15) is 36.1 Å². The highest BCUT2D eigenvalue weighted by Crippen LogP contribution is 2.19. The molecule has 1 heterocycles. The van der Waals surface area contributed by atoms with Crippen LogP contribution < -0.4 is 0 Å². The number of aryl methyl sites for hydroxylation is 1. The molecule has 0 aromatic carbocycles. The highest BCUT2D eigenvalue weighted by molar-refractivity contribution is 7.08. The van der Waals surface area contributed by atoms with Gasteiger partial charge in [0.15, 0.2) is 0 Å². The smallest absolute Gasteiger partial charge is 0.267 e. The molecule has 0 saturated heterocycles. The molecule has 1 rings (SSSR count). The molecule has 0 atom stereocenters. The summed E-state index contributed by atoms with van der Waals surface area (Å²) in [5.41, 5.74) is 0.141. The standard InChI is InChI=1S/C10H17N3O2S/c1-5-7-8(16-12-11-7)9(15)13(4)10(2,3)6-14/h14H,5-6H2,1-4H3. The second-order valence-electron chi connectivity index (χ2n) is 4.24. The lowest BCUT2D eigenvalue weighted by atomic mass is 10.0. The van der Waals surface area contributed by atoms with Gasteiger partial charge >= 0.3 is 0 Å². The lowest BCUT2D eigenvalue weighted by molar-refractivity contribution is 0.0476. The maximum atomic E-state index is 12.1. The van der Waals surface area contributed by atoms with Gasteiger partial charge < -0.3 is 10.0 Å². The minimum atomic E-state index is -0.577. The molecule has 0 fully saturated rings. The first kappa shape index (κ1) is 13.1. The predicted octanol–water partition coefficient (Wildman–Crippen LogP) is 0.943. The van der Waals surface area contributed by atoms with E-state index in [4.69, 9.17) is 0 Å². The Hall–Kier alpha value is -1.01. The number of aliphatic hydroxyl groups is 1. The van der Waals surface area contributed by atoms with Crippen LogP contribution in [0, 0.1) is 0 Å². The summed E-state index contributed by atoms with van der Waals surface area (Å²) in [7, 11) is 1.68. The van der Waals surface area contributed by atoms with E-state index in [2.05, 4.69) is 9.59 Å². The van der Waals surface area contributed by atoms with E-state index in [1.807, 2.05) is 20.8 Å². The van der Waals surface area contributed by atoms with Gasteiger partial charge in [-0.15, -0.1) is 5.10 Å². The second kappa shape index (κ2) is 4.88. The number of aliphatic hydroxyl groups excluding tert-OH is 1. The van der Waals surface area contributed by atoms with Crippen LogP contribution in [0.5, 0.6) is 0 Å². The third-order valence-corrected chi connectivity index (χ3v) is 3.44. The fourth-order valence-electron chi connectivity index (χ4n) is 1.14. The van der Waals surface area contributed by atoms with Crippen molar-refractivity contribution in [3.8, 4) is 0 Å². The topological polar surface area (TPSA) is 66.3 Å². The lowest BCUT2D eigenvalue weighted by Gasteiger charge is -2.33. The Kier molecular flexibility index (Phi) is 3.98. The third-order valence-electron chi connectivity index (χ3n) is 2.68. The maximum Gasteiger partial charge on any atom is 0.267 e. The number of carbonyl (C=O) groups is 1. The SMILES string of the molecule is CCc1nnsc1C(=O)N(C)C(C)(C)CO. The van der Waals surface area contributed by atoms with E-state index in [9.17, 15) is 9.90 Å². The molecule has 5 nitrogen and oxygen atoms in total. The molecule has 1 aromatic rings. The molecule has 0 unspecified atom stereocenters. The van der Waals surface area contributed by atoms with Crippen molar-refractivity contribution >= 4 is 17.4 Å². The number of aromatic nitrogens is 2. The molecule has 0 spiro atoms. The van der Waals surface area contributed by atoms with Gasteiger partial charge in [0, 0.05) is 7.05 Å². The zero-order valence-corrected chi connectivity index (χ0v) is 10.8. The molecule has 1 N–H and O–H groups in total. The summed E-state index contributed by atoms with van der Waals surface area (Å²) in [5.74, 6) is -0.133. The Balaban J connectivity index is 2.95. The molecule has 0 bridgehead atoms. The fraction of sp³-hybridized carbons (Fsp3) is 0.700. The minimum absolute atomic E-state index is 0.0804. The Morgan fingerprint density at radius 3 is 2.69 bits per heavy atom. The monoisotopic (exact) mass is 243 g/mol. The summed E-state index contributed by atoms with van der Waals surface area (Å²) in [4.78, 5) is 14.2. The molecule has 1 aromatic heterocycles. The predicted molar refractivity (Wildman–Crippen MR) is 62.5 cm³/mol. The first-order valence-electron chi connectivity index (χ1n) is 5.14. The van der Waals surface area contributed by atoms with Crippen LogP contribution in [0.25, 0.3) is 0 Å². The van der Waals surface area contributed by atoms with Gasteiger partial charge in [0.1, 0.15) is 4.88 Å². The van der Waals surface area contributed by atoms with Gasteiger partial charge in [0.2, 0.25) is 0 Å². The number of likely N-dealkylation sites (N-methyl/N-ethyl adjacent to an activating group) is 1. The molecule has 0 aliphatic rings. The van der Waals surface area contributed by atoms with Crippen molar-refractivity contribution in [1.82, 2.24) is 14.5 Å². The first-order chi connectivity index (χ1) is 7.44. The van der Waals surface area contributed by atoms with Crippen LogP contribution in [-0.2, 0) is 6.42 Å². The van der Waals surface area contributed by atoms with E-state index in [0.717, 1.165) is 17.2 Å². The molecular weight excluding hydrogens is 226 g/mol. The van der Waals surface area contributed by atoms with Crippen molar-refractivity contribution in [3.05, 3.63) is 10.6 Å². The normalized spacial score (nSPS) is 11.6. The Morgan fingerprint density at radius 1 is 1.56 bits per heavy atom. The van der Waals surface area contributed by atoms with Gasteiger partial charge in [-0.25, -0.2) is 0 Å². The summed E-state index contributed by atoms with van der Waals surface area (Å²) in [6.45, 7) is 5.48. The van der Waals surface area contributed by atoms with E-state index < -0.39 is 5.54 Å². The largest absolute Gasteiger partial charge is 0.394 e. The van der Waals surface area contributed by atoms with Gasteiger partial charge in [0.25, 0.3) is 5.91 Å². The van der Waals surface area contributed by atoms with E-state index >= 15 is 0 Å². The highest BCUT2D eigenvalue weighted by Gasteiger charge is 2.29. The van der Waals surface area contributed by atoms with Crippen LogP contribution in [0.2, 0.25) is 0 Å². The van der Waals surface area contributed by atoms with Crippen molar-refractivity contribution in [2.45, 2.75) is 32.7 Å². The zero-order valence-electron chi connectivity index (χ0n) is 10.0. The van der Waals surface area contributed by atoms with Crippen molar-refractivity contribution < 1.29 is 9.90 Å². The molecule has 6 heteroatoms. The van der Waals surface area contributed by atoms with E-state index in [1.165, 1.54) is 4.90 Å². The van der Waals surface area contributed by atoms with Gasteiger partial charge in [-0.2, -0.15) is 0 Å². The molecule has 0 aliphatic heterocycles. The van der Waals surface area contributed by atoms with Crippen LogP contribution in [0.15, 0.2) is 0 Å². The molecule has 0 aliphatic carbocycles. The van der Waals surface area contributed by atoms with Crippen molar-refractivity contribution in [2.75, 3.05) is 13.7 Å². The van der Waals surface area contributed by atoms with Gasteiger partial charge in [-0.05, 0) is 31.8 Å². The summed E-state index contributed by atoms with van der Waals surface area (Å²) in [6, 6.07) is 0. The zero-order chi connectivity index (χ0) is 12.3. The van der Waals surface area contributed by atoms with Gasteiger partial charge in [0.05, 0.1) is 17.8 Å². The fourth-order valence-corrected chi connectivity index (χ4v) is 1.86. The Bertz CT molecular complexity index is 376. The van der Waals surface area contributed by atoms with Crippen molar-refractivity contribution in [1.29, 1.82) is 0 Å². The first-order valence-corrected chi connectivity index (χ1v) is 5.91. The van der Waals surface area contributed by atoms with Crippen molar-refractivity contribution in [3.63, 3.8) is 0 Å². The van der Waals surface area contributed by atoms with Gasteiger partial charge in [-0.1, -0.05) is 11.4 Å². The molecule has 1 amide bonds. The van der Waals surface area contributed by atoms with E-state index in [-0.39, 0.29) is 12.5 Å². The second-order valence-corrected chi connectivity index (χ2v) is 4.99.